The van der Waals surface area contributed by atoms with Gasteiger partial charge in [0.2, 0.25) is 0 Å². The van der Waals surface area contributed by atoms with Crippen molar-refractivity contribution >= 4 is 23.5 Å². The molecule has 4 rings (SSSR count). The highest BCUT2D eigenvalue weighted by Crippen LogP contribution is 2.30. The minimum absolute atomic E-state index is 0.122. The number of allylic oxidation sites excluding steroid dienone is 2. The van der Waals surface area contributed by atoms with Gasteiger partial charge in [-0.25, -0.2) is 0 Å². The van der Waals surface area contributed by atoms with Gasteiger partial charge in [-0.05, 0) is 36.4 Å². The van der Waals surface area contributed by atoms with Crippen molar-refractivity contribution in [2.75, 3.05) is 0 Å². The summed E-state index contributed by atoms with van der Waals surface area (Å²) in [5.41, 5.74) is 0.0278. The number of benzene rings is 1. The molecular weight excluding hydrogens is 367 g/mol. The lowest BCUT2D eigenvalue weighted by molar-refractivity contribution is -0.137. The number of rotatable bonds is 1. The molecule has 26 heavy (non-hydrogen) atoms. The van der Waals surface area contributed by atoms with E-state index in [1.807, 2.05) is 0 Å². The van der Waals surface area contributed by atoms with Gasteiger partial charge >= 0.3 is 6.18 Å². The van der Waals surface area contributed by atoms with Crippen molar-refractivity contribution in [2.24, 2.45) is 0 Å². The van der Waals surface area contributed by atoms with Gasteiger partial charge in [-0.15, -0.1) is 0 Å². The predicted octanol–water partition coefficient (Wildman–Crippen LogP) is 1.87. The minimum Gasteiger partial charge on any atom is -0.359 e. The largest absolute Gasteiger partial charge is 0.416 e. The maximum Gasteiger partial charge on any atom is 0.416 e. The molecule has 4 nitrogen and oxygen atoms in total. The minimum atomic E-state index is -4.50. The predicted molar refractivity (Wildman–Crippen MR) is 92.5 cm³/mol. The third kappa shape index (κ3) is 2.70. The summed E-state index contributed by atoms with van der Waals surface area (Å²) in [5, 5.41) is 7.46. The Morgan fingerprint density at radius 2 is 1.88 bits per heavy atom. The summed E-state index contributed by atoms with van der Waals surface area (Å²) in [7, 11) is 0. The highest BCUT2D eigenvalue weighted by atomic mass is 35.5. The summed E-state index contributed by atoms with van der Waals surface area (Å²) in [6.45, 7) is 0. The van der Waals surface area contributed by atoms with Gasteiger partial charge in [0.15, 0.2) is 0 Å². The first-order valence-corrected chi connectivity index (χ1v) is 7.98. The molecule has 0 atom stereocenters. The van der Waals surface area contributed by atoms with Crippen LogP contribution in [0.3, 0.4) is 0 Å². The van der Waals surface area contributed by atoms with Crippen molar-refractivity contribution in [1.82, 2.24) is 15.2 Å². The third-order valence-corrected chi connectivity index (χ3v) is 4.31. The summed E-state index contributed by atoms with van der Waals surface area (Å²) in [5.74, 6) is 0. The number of halogens is 4. The molecule has 2 aliphatic heterocycles. The molecular formula is C18H11ClF3N3O. The zero-order valence-corrected chi connectivity index (χ0v) is 13.8. The Bertz CT molecular complexity index is 1160. The lowest BCUT2D eigenvalue weighted by Gasteiger charge is -2.22. The van der Waals surface area contributed by atoms with Crippen LogP contribution in [0.25, 0.3) is 17.6 Å². The van der Waals surface area contributed by atoms with Crippen LogP contribution < -0.4 is 26.8 Å². The molecule has 0 radical (unpaired) electrons. The second-order valence-electron chi connectivity index (χ2n) is 5.74. The summed E-state index contributed by atoms with van der Waals surface area (Å²) < 4.78 is 40.5. The fourth-order valence-electron chi connectivity index (χ4n) is 2.93. The maximum atomic E-state index is 13.1. The first kappa shape index (κ1) is 16.5. The molecule has 0 aliphatic carbocycles. The number of dihydropyridines is 1. The first-order chi connectivity index (χ1) is 12.3. The van der Waals surface area contributed by atoms with Gasteiger partial charge in [0.1, 0.15) is 5.16 Å². The quantitative estimate of drug-likeness (QED) is 0.746. The fourth-order valence-corrected chi connectivity index (χ4v) is 3.09. The number of fused-ring (bicyclic) bond motifs is 2. The Balaban J connectivity index is 2.08. The molecule has 132 valence electrons. The van der Waals surface area contributed by atoms with E-state index in [1.165, 1.54) is 22.8 Å². The summed E-state index contributed by atoms with van der Waals surface area (Å²) in [6.07, 6.45) is 0.544. The third-order valence-electron chi connectivity index (χ3n) is 4.08. The molecule has 8 heteroatoms. The zero-order valence-electron chi connectivity index (χ0n) is 13.1. The van der Waals surface area contributed by atoms with Crippen LogP contribution in [0.4, 0.5) is 13.2 Å². The molecule has 3 heterocycles. The van der Waals surface area contributed by atoms with Gasteiger partial charge in [-0.3, -0.25) is 9.36 Å². The molecule has 1 aromatic heterocycles. The van der Waals surface area contributed by atoms with Crippen LogP contribution in [0.1, 0.15) is 5.56 Å². The molecule has 0 fully saturated rings. The SMILES string of the molecule is O=c1ccc2c(n1-c1cccc(C(F)(F)F)c1)=C1NC(Cl)=CC=C1NC=2. The first-order valence-electron chi connectivity index (χ1n) is 7.60. The highest BCUT2D eigenvalue weighted by Gasteiger charge is 2.30. The Morgan fingerprint density at radius 1 is 1.08 bits per heavy atom. The molecule has 2 aliphatic rings. The molecule has 0 amide bonds. The van der Waals surface area contributed by atoms with Gasteiger partial charge < -0.3 is 10.6 Å². The van der Waals surface area contributed by atoms with E-state index in [4.69, 9.17) is 11.6 Å². The number of hydrogen-bond acceptors (Lipinski definition) is 3. The maximum absolute atomic E-state index is 13.1. The number of nitrogens with zero attached hydrogens (tertiary/aromatic N) is 1. The summed E-state index contributed by atoms with van der Waals surface area (Å²) in [6, 6.07) is 7.57. The Labute approximate surface area is 150 Å². The van der Waals surface area contributed by atoms with Crippen LogP contribution in [0.5, 0.6) is 0 Å². The average molecular weight is 378 g/mol. The zero-order chi connectivity index (χ0) is 18.5. The molecule has 2 N–H and O–H groups in total. The van der Waals surface area contributed by atoms with Gasteiger partial charge in [0, 0.05) is 23.2 Å². The summed E-state index contributed by atoms with van der Waals surface area (Å²) >= 11 is 6.04. The molecule has 0 bridgehead atoms. The fraction of sp³-hybridized carbons (Fsp3) is 0.0556. The number of hydrogen-bond donors (Lipinski definition) is 2. The standard InChI is InChI=1S/C18H11ClF3N3O/c19-14-6-5-13-16(24-14)17-10(9-23-13)4-7-15(26)25(17)12-3-1-2-11(8-12)18(20,21)22/h1-9,23-24H. The molecule has 1 aromatic carbocycles. The van der Waals surface area contributed by atoms with E-state index < -0.39 is 17.3 Å². The number of alkyl halides is 3. The Kier molecular flexibility index (Phi) is 3.69. The van der Waals surface area contributed by atoms with Crippen molar-refractivity contribution in [3.05, 3.63) is 85.9 Å². The highest BCUT2D eigenvalue weighted by molar-refractivity contribution is 6.30. The molecule has 0 saturated heterocycles. The van der Waals surface area contributed by atoms with Crippen LogP contribution in [0.15, 0.2) is 64.2 Å². The second kappa shape index (κ2) is 5.81. The Hall–Kier alpha value is -2.93. The van der Waals surface area contributed by atoms with E-state index >= 15 is 0 Å². The van der Waals surface area contributed by atoms with Gasteiger partial charge in [-0.2, -0.15) is 13.2 Å². The van der Waals surface area contributed by atoms with Gasteiger partial charge in [-0.1, -0.05) is 17.7 Å². The average Bonchev–Trinajstić information content (AvgIpc) is 2.61. The van der Waals surface area contributed by atoms with Crippen LogP contribution in [0.2, 0.25) is 0 Å². The van der Waals surface area contributed by atoms with Crippen molar-refractivity contribution in [1.29, 1.82) is 0 Å². The second-order valence-corrected chi connectivity index (χ2v) is 6.15. The van der Waals surface area contributed by atoms with E-state index in [2.05, 4.69) is 10.6 Å². The van der Waals surface area contributed by atoms with Crippen molar-refractivity contribution in [3.63, 3.8) is 0 Å². The van der Waals surface area contributed by atoms with E-state index in [-0.39, 0.29) is 5.69 Å². The van der Waals surface area contributed by atoms with E-state index in [9.17, 15) is 18.0 Å². The number of nitrogens with one attached hydrogen (secondary N) is 2. The van der Waals surface area contributed by atoms with Crippen LogP contribution in [-0.4, -0.2) is 4.57 Å². The normalized spacial score (nSPS) is 15.6. The lowest BCUT2D eigenvalue weighted by Crippen LogP contribution is -2.49. The van der Waals surface area contributed by atoms with Crippen LogP contribution >= 0.6 is 11.6 Å². The van der Waals surface area contributed by atoms with Gasteiger partial charge in [0.05, 0.1) is 22.3 Å². The molecule has 0 saturated carbocycles. The van der Waals surface area contributed by atoms with Crippen LogP contribution in [0, 0.1) is 0 Å². The van der Waals surface area contributed by atoms with Crippen LogP contribution in [-0.2, 0) is 6.18 Å². The smallest absolute Gasteiger partial charge is 0.359 e. The van der Waals surface area contributed by atoms with Gasteiger partial charge in [0.25, 0.3) is 5.56 Å². The number of aromatic nitrogens is 1. The number of pyridine rings is 1. The molecule has 2 aromatic rings. The van der Waals surface area contributed by atoms with Crippen molar-refractivity contribution in [2.45, 2.75) is 6.18 Å². The van der Waals surface area contributed by atoms with E-state index in [0.29, 0.717) is 27.1 Å². The van der Waals surface area contributed by atoms with Crippen molar-refractivity contribution < 1.29 is 13.2 Å². The molecule has 0 unspecified atom stereocenters. The lowest BCUT2D eigenvalue weighted by atomic mass is 10.1. The van der Waals surface area contributed by atoms with E-state index in [0.717, 1.165) is 12.1 Å². The molecule has 0 spiro atoms. The Morgan fingerprint density at radius 3 is 2.65 bits per heavy atom. The van der Waals surface area contributed by atoms with Crippen molar-refractivity contribution in [3.8, 4) is 5.69 Å². The topological polar surface area (TPSA) is 46.1 Å². The summed E-state index contributed by atoms with van der Waals surface area (Å²) in [4.78, 5) is 12.5. The van der Waals surface area contributed by atoms with E-state index in [1.54, 1.807) is 24.4 Å². The monoisotopic (exact) mass is 377 g/mol.